The Kier molecular flexibility index (Phi) is 3.56. The van der Waals surface area contributed by atoms with Crippen LogP contribution in [-0.4, -0.2) is 21.0 Å². The highest BCUT2D eigenvalue weighted by atomic mass is 19.1. The number of carboxylic acids is 1. The van der Waals surface area contributed by atoms with Crippen molar-refractivity contribution in [3.05, 3.63) is 58.0 Å². The van der Waals surface area contributed by atoms with Gasteiger partial charge < -0.3 is 9.84 Å². The Labute approximate surface area is 111 Å². The molecule has 0 bridgehead atoms. The average Bonchev–Trinajstić information content (AvgIpc) is 2.39. The molecule has 1 heterocycles. The van der Waals surface area contributed by atoms with Crippen LogP contribution in [0.4, 0.5) is 10.1 Å². The second kappa shape index (κ2) is 5.31. The molecule has 1 aromatic heterocycles. The third-order valence-corrected chi connectivity index (χ3v) is 2.32. The van der Waals surface area contributed by atoms with Gasteiger partial charge in [0.1, 0.15) is 5.82 Å². The number of benzene rings is 1. The van der Waals surface area contributed by atoms with Gasteiger partial charge in [0.05, 0.1) is 10.5 Å². The maximum Gasteiger partial charge on any atom is 0.337 e. The summed E-state index contributed by atoms with van der Waals surface area (Å²) in [6.07, 6.45) is 1.03. The van der Waals surface area contributed by atoms with Crippen molar-refractivity contribution in [1.82, 2.24) is 4.98 Å². The predicted octanol–water partition coefficient (Wildman–Crippen LogP) is 2.62. The first-order valence-electron chi connectivity index (χ1n) is 5.28. The van der Waals surface area contributed by atoms with Gasteiger partial charge in [-0.1, -0.05) is 0 Å². The fourth-order valence-electron chi connectivity index (χ4n) is 1.40. The van der Waals surface area contributed by atoms with E-state index in [0.717, 1.165) is 24.4 Å². The normalized spacial score (nSPS) is 10.1. The number of ether oxygens (including phenoxy) is 1. The molecular formula is C12H7FN2O5. The fourth-order valence-corrected chi connectivity index (χ4v) is 1.40. The Morgan fingerprint density at radius 1 is 1.35 bits per heavy atom. The van der Waals surface area contributed by atoms with E-state index in [9.17, 15) is 19.3 Å². The number of nitro benzene ring substituents is 1. The van der Waals surface area contributed by atoms with Gasteiger partial charge in [0, 0.05) is 24.4 Å². The van der Waals surface area contributed by atoms with Gasteiger partial charge in [-0.05, 0) is 12.1 Å². The Hall–Kier alpha value is -3.03. The first-order valence-corrected chi connectivity index (χ1v) is 5.28. The van der Waals surface area contributed by atoms with Crippen LogP contribution >= 0.6 is 0 Å². The largest absolute Gasteiger partial charge is 0.478 e. The minimum atomic E-state index is -1.17. The number of carbonyl (C=O) groups is 1. The summed E-state index contributed by atoms with van der Waals surface area (Å²) in [6.45, 7) is 0. The van der Waals surface area contributed by atoms with E-state index in [0.29, 0.717) is 0 Å². The zero-order valence-corrected chi connectivity index (χ0v) is 9.82. The Balaban J connectivity index is 2.31. The highest BCUT2D eigenvalue weighted by Crippen LogP contribution is 2.31. The quantitative estimate of drug-likeness (QED) is 0.681. The van der Waals surface area contributed by atoms with E-state index in [-0.39, 0.29) is 17.2 Å². The van der Waals surface area contributed by atoms with Crippen LogP contribution in [0, 0.1) is 15.9 Å². The molecule has 0 radical (unpaired) electrons. The lowest BCUT2D eigenvalue weighted by Crippen LogP contribution is -1.98. The Morgan fingerprint density at radius 3 is 2.65 bits per heavy atom. The maximum atomic E-state index is 13.1. The summed E-state index contributed by atoms with van der Waals surface area (Å²) in [5.41, 5.74) is -0.485. The number of rotatable bonds is 4. The van der Waals surface area contributed by atoms with E-state index in [1.165, 1.54) is 12.1 Å². The molecule has 1 aromatic carbocycles. The number of hydrogen-bond acceptors (Lipinski definition) is 5. The minimum absolute atomic E-state index is 0.0638. The van der Waals surface area contributed by atoms with Crippen LogP contribution in [0.15, 0.2) is 36.5 Å². The zero-order chi connectivity index (χ0) is 14.7. The second-order valence-electron chi connectivity index (χ2n) is 3.66. The van der Waals surface area contributed by atoms with Crippen LogP contribution in [0.25, 0.3) is 0 Å². The number of nitrogens with zero attached hydrogens (tertiary/aromatic N) is 2. The fraction of sp³-hybridized carbons (Fsp3) is 0. The molecule has 2 rings (SSSR count). The van der Waals surface area contributed by atoms with Crippen LogP contribution in [-0.2, 0) is 0 Å². The minimum Gasteiger partial charge on any atom is -0.478 e. The third kappa shape index (κ3) is 2.86. The summed E-state index contributed by atoms with van der Waals surface area (Å²) in [5, 5.41) is 19.5. The molecule has 0 spiro atoms. The Morgan fingerprint density at radius 2 is 2.10 bits per heavy atom. The number of aromatic carboxylic acids is 1. The van der Waals surface area contributed by atoms with E-state index in [1.807, 2.05) is 0 Å². The van der Waals surface area contributed by atoms with E-state index in [4.69, 9.17) is 9.84 Å². The van der Waals surface area contributed by atoms with Crippen molar-refractivity contribution in [1.29, 1.82) is 0 Å². The van der Waals surface area contributed by atoms with Crippen LogP contribution in [0.5, 0.6) is 11.6 Å². The van der Waals surface area contributed by atoms with Crippen LogP contribution < -0.4 is 4.74 Å². The molecule has 0 saturated carbocycles. The molecule has 0 atom stereocenters. The predicted molar refractivity (Wildman–Crippen MR) is 64.3 cm³/mol. The van der Waals surface area contributed by atoms with Crippen molar-refractivity contribution in [2.75, 3.05) is 0 Å². The van der Waals surface area contributed by atoms with Gasteiger partial charge in [-0.15, -0.1) is 0 Å². The summed E-state index contributed by atoms with van der Waals surface area (Å²) < 4.78 is 18.2. The molecule has 102 valence electrons. The summed E-state index contributed by atoms with van der Waals surface area (Å²) in [4.78, 5) is 24.4. The smallest absolute Gasteiger partial charge is 0.337 e. The van der Waals surface area contributed by atoms with Crippen molar-refractivity contribution < 1.29 is 24.0 Å². The van der Waals surface area contributed by atoms with E-state index >= 15 is 0 Å². The summed E-state index contributed by atoms with van der Waals surface area (Å²) >= 11 is 0. The number of nitro groups is 1. The van der Waals surface area contributed by atoms with Crippen LogP contribution in [0.3, 0.4) is 0 Å². The summed E-state index contributed by atoms with van der Waals surface area (Å²) in [7, 11) is 0. The highest BCUT2D eigenvalue weighted by Gasteiger charge is 2.17. The van der Waals surface area contributed by atoms with Gasteiger partial charge in [0.2, 0.25) is 11.6 Å². The molecule has 0 aliphatic carbocycles. The molecule has 0 aliphatic heterocycles. The lowest BCUT2D eigenvalue weighted by atomic mass is 10.3. The number of hydrogen-bond donors (Lipinski definition) is 1. The van der Waals surface area contributed by atoms with Gasteiger partial charge >= 0.3 is 11.7 Å². The molecule has 0 fully saturated rings. The van der Waals surface area contributed by atoms with Crippen molar-refractivity contribution >= 4 is 11.7 Å². The monoisotopic (exact) mass is 278 g/mol. The Bertz CT molecular complexity index is 672. The lowest BCUT2D eigenvalue weighted by molar-refractivity contribution is -0.385. The number of pyridine rings is 1. The third-order valence-electron chi connectivity index (χ3n) is 2.32. The summed E-state index contributed by atoms with van der Waals surface area (Å²) in [5.74, 6) is -2.26. The molecule has 1 N–H and O–H groups in total. The van der Waals surface area contributed by atoms with Gasteiger partial charge in [0.25, 0.3) is 0 Å². The lowest BCUT2D eigenvalue weighted by Gasteiger charge is -2.05. The molecule has 0 aliphatic rings. The maximum absolute atomic E-state index is 13.1. The highest BCUT2D eigenvalue weighted by molar-refractivity contribution is 5.87. The molecule has 0 amide bonds. The first-order chi connectivity index (χ1) is 9.47. The van der Waals surface area contributed by atoms with Gasteiger partial charge in [-0.3, -0.25) is 10.1 Å². The SMILES string of the molecule is O=C(O)c1ccc(Oc2cc(F)ccc2[N+](=O)[O-])nc1. The molecular weight excluding hydrogens is 271 g/mol. The molecule has 20 heavy (non-hydrogen) atoms. The van der Waals surface area contributed by atoms with Gasteiger partial charge in [0.15, 0.2) is 0 Å². The van der Waals surface area contributed by atoms with Crippen molar-refractivity contribution in [3.63, 3.8) is 0 Å². The number of aromatic nitrogens is 1. The van der Waals surface area contributed by atoms with Gasteiger partial charge in [-0.2, -0.15) is 0 Å². The van der Waals surface area contributed by atoms with Crippen molar-refractivity contribution in [3.8, 4) is 11.6 Å². The van der Waals surface area contributed by atoms with Crippen molar-refractivity contribution in [2.24, 2.45) is 0 Å². The van der Waals surface area contributed by atoms with Crippen molar-refractivity contribution in [2.45, 2.75) is 0 Å². The van der Waals surface area contributed by atoms with E-state index in [1.54, 1.807) is 0 Å². The second-order valence-corrected chi connectivity index (χ2v) is 3.66. The topological polar surface area (TPSA) is 103 Å². The molecule has 8 heteroatoms. The zero-order valence-electron chi connectivity index (χ0n) is 9.82. The average molecular weight is 278 g/mol. The van der Waals surface area contributed by atoms with Crippen LogP contribution in [0.2, 0.25) is 0 Å². The first kappa shape index (κ1) is 13.4. The van der Waals surface area contributed by atoms with E-state index in [2.05, 4.69) is 4.98 Å². The summed E-state index contributed by atoms with van der Waals surface area (Å²) in [6, 6.07) is 5.20. The molecule has 0 unspecified atom stereocenters. The molecule has 0 saturated heterocycles. The number of carboxylic acid groups (broad SMARTS) is 1. The molecule has 2 aromatic rings. The standard InChI is InChI=1S/C12H7FN2O5/c13-8-2-3-9(15(18)19)10(5-8)20-11-4-1-7(6-14-11)12(16)17/h1-6H,(H,16,17). The molecule has 7 nitrogen and oxygen atoms in total. The number of halogens is 1. The van der Waals surface area contributed by atoms with Crippen LogP contribution in [0.1, 0.15) is 10.4 Å². The van der Waals surface area contributed by atoms with E-state index < -0.39 is 22.4 Å². The van der Waals surface area contributed by atoms with Gasteiger partial charge in [-0.25, -0.2) is 14.2 Å².